The molecule has 3 nitrogen and oxygen atoms in total. The third kappa shape index (κ3) is 2.27. The van der Waals surface area contributed by atoms with Crippen LogP contribution in [-0.4, -0.2) is 25.1 Å². The van der Waals surface area contributed by atoms with Crippen molar-refractivity contribution in [2.45, 2.75) is 38.2 Å². The number of benzene rings is 1. The van der Waals surface area contributed by atoms with Crippen LogP contribution in [-0.2, 0) is 4.74 Å². The van der Waals surface area contributed by atoms with Crippen LogP contribution in [0.25, 0.3) is 0 Å². The van der Waals surface area contributed by atoms with Gasteiger partial charge in [0, 0.05) is 7.11 Å². The Morgan fingerprint density at radius 2 is 2.06 bits per heavy atom. The first-order chi connectivity index (χ1) is 8.73. The van der Waals surface area contributed by atoms with Crippen molar-refractivity contribution in [3.63, 3.8) is 0 Å². The molecular formula is C15H20O3. The molecule has 1 aromatic carbocycles. The molecule has 0 aromatic heterocycles. The highest BCUT2D eigenvalue weighted by Gasteiger charge is 2.45. The van der Waals surface area contributed by atoms with Crippen molar-refractivity contribution < 1.29 is 14.3 Å². The van der Waals surface area contributed by atoms with Gasteiger partial charge in [0.25, 0.3) is 0 Å². The number of ether oxygens (including phenoxy) is 2. The minimum atomic E-state index is -0.605. The first-order valence-electron chi connectivity index (χ1n) is 6.55. The Kier molecular flexibility index (Phi) is 4.02. The summed E-state index contributed by atoms with van der Waals surface area (Å²) in [6, 6.07) is 7.44. The number of carbonyl (C=O) groups is 1. The van der Waals surface area contributed by atoms with Crippen LogP contribution in [0.3, 0.4) is 0 Å². The van der Waals surface area contributed by atoms with Gasteiger partial charge in [-0.1, -0.05) is 19.1 Å². The maximum Gasteiger partial charge on any atom is 0.198 e. The average molecular weight is 248 g/mol. The Morgan fingerprint density at radius 1 is 1.33 bits per heavy atom. The van der Waals surface area contributed by atoms with E-state index in [2.05, 4.69) is 0 Å². The summed E-state index contributed by atoms with van der Waals surface area (Å²) in [4.78, 5) is 12.6. The number of carbonyl (C=O) groups excluding carboxylic acids is 1. The molecule has 0 atom stereocenters. The summed E-state index contributed by atoms with van der Waals surface area (Å²) < 4.78 is 11.1. The summed E-state index contributed by atoms with van der Waals surface area (Å²) >= 11 is 0. The normalized spacial score (nSPS) is 17.0. The Balaban J connectivity index is 2.24. The highest BCUT2D eigenvalue weighted by molar-refractivity contribution is 6.05. The van der Waals surface area contributed by atoms with E-state index in [1.54, 1.807) is 7.11 Å². The van der Waals surface area contributed by atoms with Crippen LogP contribution in [0.2, 0.25) is 0 Å². The fourth-order valence-electron chi connectivity index (χ4n) is 2.26. The summed E-state index contributed by atoms with van der Waals surface area (Å²) in [5.41, 5.74) is 0.0404. The first-order valence-corrected chi connectivity index (χ1v) is 6.55. The SMILES string of the molecule is CCCOc1ccccc1C(=O)C1(OC)CCC1. The molecular weight excluding hydrogens is 228 g/mol. The molecule has 2 rings (SSSR count). The van der Waals surface area contributed by atoms with Crippen LogP contribution in [0.5, 0.6) is 5.75 Å². The second-order valence-electron chi connectivity index (χ2n) is 4.73. The molecule has 0 heterocycles. The Hall–Kier alpha value is -1.35. The number of para-hydroxylation sites is 1. The zero-order valence-electron chi connectivity index (χ0n) is 11.1. The van der Waals surface area contributed by atoms with Gasteiger partial charge in [0.05, 0.1) is 12.2 Å². The van der Waals surface area contributed by atoms with Gasteiger partial charge in [-0.05, 0) is 37.8 Å². The van der Waals surface area contributed by atoms with Crippen LogP contribution < -0.4 is 4.74 Å². The smallest absolute Gasteiger partial charge is 0.198 e. The third-order valence-corrected chi connectivity index (χ3v) is 3.56. The van der Waals surface area contributed by atoms with Gasteiger partial charge >= 0.3 is 0 Å². The van der Waals surface area contributed by atoms with E-state index < -0.39 is 5.60 Å². The van der Waals surface area contributed by atoms with E-state index in [0.717, 1.165) is 25.7 Å². The van der Waals surface area contributed by atoms with Gasteiger partial charge < -0.3 is 9.47 Å². The lowest BCUT2D eigenvalue weighted by molar-refractivity contribution is -0.0450. The fourth-order valence-corrected chi connectivity index (χ4v) is 2.26. The Labute approximate surface area is 108 Å². The molecule has 1 aliphatic rings. The van der Waals surface area contributed by atoms with Crippen LogP contribution >= 0.6 is 0 Å². The van der Waals surface area contributed by atoms with E-state index in [-0.39, 0.29) is 5.78 Å². The van der Waals surface area contributed by atoms with Gasteiger partial charge in [-0.25, -0.2) is 0 Å². The van der Waals surface area contributed by atoms with Gasteiger partial charge in [-0.2, -0.15) is 0 Å². The standard InChI is InChI=1S/C15H20O3/c1-3-11-18-13-8-5-4-7-12(13)14(16)15(17-2)9-6-10-15/h4-5,7-8H,3,6,9-11H2,1-2H3. The van der Waals surface area contributed by atoms with Gasteiger partial charge in [-0.15, -0.1) is 0 Å². The predicted octanol–water partition coefficient (Wildman–Crippen LogP) is 3.23. The lowest BCUT2D eigenvalue weighted by Gasteiger charge is -2.39. The lowest BCUT2D eigenvalue weighted by atomic mass is 9.74. The van der Waals surface area contributed by atoms with Crippen LogP contribution in [0.1, 0.15) is 43.0 Å². The lowest BCUT2D eigenvalue weighted by Crippen LogP contribution is -2.47. The van der Waals surface area contributed by atoms with Gasteiger partial charge in [0.15, 0.2) is 5.78 Å². The van der Waals surface area contributed by atoms with Crippen LogP contribution in [0, 0.1) is 0 Å². The zero-order valence-corrected chi connectivity index (χ0v) is 11.1. The molecule has 0 N–H and O–H groups in total. The summed E-state index contributed by atoms with van der Waals surface area (Å²) in [6.45, 7) is 2.68. The van der Waals surface area contributed by atoms with E-state index in [1.165, 1.54) is 0 Å². The second-order valence-corrected chi connectivity index (χ2v) is 4.73. The van der Waals surface area contributed by atoms with Crippen LogP contribution in [0.15, 0.2) is 24.3 Å². The van der Waals surface area contributed by atoms with Crippen molar-refractivity contribution in [1.82, 2.24) is 0 Å². The Bertz CT molecular complexity index is 416. The molecule has 98 valence electrons. The monoisotopic (exact) mass is 248 g/mol. The molecule has 3 heteroatoms. The minimum absolute atomic E-state index is 0.0583. The second kappa shape index (κ2) is 5.53. The summed E-state index contributed by atoms with van der Waals surface area (Å²) in [5.74, 6) is 0.732. The van der Waals surface area contributed by atoms with Gasteiger partial charge in [-0.3, -0.25) is 4.79 Å². The molecule has 0 unspecified atom stereocenters. The predicted molar refractivity (Wildman–Crippen MR) is 70.1 cm³/mol. The number of methoxy groups -OCH3 is 1. The number of ketones is 1. The van der Waals surface area contributed by atoms with E-state index in [0.29, 0.717) is 17.9 Å². The molecule has 0 amide bonds. The third-order valence-electron chi connectivity index (χ3n) is 3.56. The van der Waals surface area contributed by atoms with Crippen molar-refractivity contribution >= 4 is 5.78 Å². The van der Waals surface area contributed by atoms with Gasteiger partial charge in [0.1, 0.15) is 11.4 Å². The number of hydrogen-bond acceptors (Lipinski definition) is 3. The minimum Gasteiger partial charge on any atom is -0.493 e. The average Bonchev–Trinajstić information content (AvgIpc) is 2.36. The summed E-state index contributed by atoms with van der Waals surface area (Å²) in [6.07, 6.45) is 3.60. The van der Waals surface area contributed by atoms with E-state index >= 15 is 0 Å². The molecule has 0 bridgehead atoms. The molecule has 1 fully saturated rings. The fraction of sp³-hybridized carbons (Fsp3) is 0.533. The highest BCUT2D eigenvalue weighted by Crippen LogP contribution is 2.39. The summed E-state index contributed by atoms with van der Waals surface area (Å²) in [7, 11) is 1.62. The van der Waals surface area contributed by atoms with E-state index in [9.17, 15) is 4.79 Å². The molecule has 1 aliphatic carbocycles. The summed E-state index contributed by atoms with van der Waals surface area (Å²) in [5, 5.41) is 0. The van der Waals surface area contributed by atoms with Crippen molar-refractivity contribution in [3.05, 3.63) is 29.8 Å². The quantitative estimate of drug-likeness (QED) is 0.725. The van der Waals surface area contributed by atoms with Crippen LogP contribution in [0.4, 0.5) is 0 Å². The van der Waals surface area contributed by atoms with Gasteiger partial charge in [0.2, 0.25) is 0 Å². The van der Waals surface area contributed by atoms with Crippen molar-refractivity contribution in [2.75, 3.05) is 13.7 Å². The molecule has 0 spiro atoms. The molecule has 1 saturated carbocycles. The van der Waals surface area contributed by atoms with E-state index in [4.69, 9.17) is 9.47 Å². The maximum absolute atomic E-state index is 12.6. The van der Waals surface area contributed by atoms with E-state index in [1.807, 2.05) is 31.2 Å². The number of rotatable bonds is 6. The highest BCUT2D eigenvalue weighted by atomic mass is 16.5. The topological polar surface area (TPSA) is 35.5 Å². The largest absolute Gasteiger partial charge is 0.493 e. The first kappa shape index (κ1) is 13.1. The zero-order chi connectivity index (χ0) is 13.0. The molecule has 0 saturated heterocycles. The molecule has 0 radical (unpaired) electrons. The maximum atomic E-state index is 12.6. The van der Waals surface area contributed by atoms with Crippen molar-refractivity contribution in [2.24, 2.45) is 0 Å². The molecule has 0 aliphatic heterocycles. The number of hydrogen-bond donors (Lipinski definition) is 0. The molecule has 18 heavy (non-hydrogen) atoms. The molecule has 1 aromatic rings. The van der Waals surface area contributed by atoms with Crippen molar-refractivity contribution in [3.8, 4) is 5.75 Å². The number of Topliss-reactive ketones (excluding diaryl/α,β-unsaturated/α-hetero) is 1. The Morgan fingerprint density at radius 3 is 2.61 bits per heavy atom. The van der Waals surface area contributed by atoms with Crippen molar-refractivity contribution in [1.29, 1.82) is 0 Å².